The zero-order chi connectivity index (χ0) is 23.3. The Morgan fingerprint density at radius 1 is 1.00 bits per heavy atom. The number of nitrogens with one attached hydrogen (secondary N) is 1. The lowest BCUT2D eigenvalue weighted by Gasteiger charge is -2.14. The van der Waals surface area contributed by atoms with Crippen molar-refractivity contribution < 1.29 is 35.5 Å². The molecule has 0 spiro atoms. The van der Waals surface area contributed by atoms with Gasteiger partial charge in [-0.1, -0.05) is 17.4 Å². The molecule has 0 atom stereocenters. The molecule has 0 aliphatic rings. The van der Waals surface area contributed by atoms with Crippen LogP contribution in [0.1, 0.15) is 21.6 Å². The first kappa shape index (κ1) is 21.7. The van der Waals surface area contributed by atoms with E-state index in [2.05, 4.69) is 15.4 Å². The fourth-order valence-corrected chi connectivity index (χ4v) is 3.80. The number of rotatable bonds is 3. The fraction of sp³-hybridized carbons (Fsp3) is 0.105. The van der Waals surface area contributed by atoms with Gasteiger partial charge in [-0.15, -0.1) is 0 Å². The Bertz CT molecular complexity index is 1320. The van der Waals surface area contributed by atoms with E-state index in [-0.39, 0.29) is 9.81 Å². The third kappa shape index (κ3) is 4.15. The van der Waals surface area contributed by atoms with Crippen molar-refractivity contribution in [1.82, 2.24) is 14.8 Å². The fourth-order valence-electron chi connectivity index (χ4n) is 2.91. The first-order chi connectivity index (χ1) is 14.9. The second-order valence-corrected chi connectivity index (χ2v) is 7.48. The van der Waals surface area contributed by atoms with Crippen LogP contribution in [0.25, 0.3) is 15.9 Å². The maximum atomic E-state index is 13.8. The number of amides is 1. The van der Waals surface area contributed by atoms with E-state index < -0.39 is 46.6 Å². The number of benzene rings is 2. The van der Waals surface area contributed by atoms with E-state index in [4.69, 9.17) is 0 Å². The average Bonchev–Trinajstić information content (AvgIpc) is 3.30. The molecule has 13 heteroatoms. The summed E-state index contributed by atoms with van der Waals surface area (Å²) in [6.07, 6.45) is -9.30. The lowest BCUT2D eigenvalue weighted by atomic mass is 10.1. The zero-order valence-electron chi connectivity index (χ0n) is 15.4. The van der Waals surface area contributed by atoms with Crippen molar-refractivity contribution in [1.29, 1.82) is 0 Å². The van der Waals surface area contributed by atoms with Crippen LogP contribution in [0.15, 0.2) is 48.7 Å². The summed E-state index contributed by atoms with van der Waals surface area (Å²) in [5.41, 5.74) is -3.85. The lowest BCUT2D eigenvalue weighted by molar-refractivity contribution is -0.143. The molecule has 5 nitrogen and oxygen atoms in total. The molecule has 0 aliphatic heterocycles. The molecule has 0 saturated heterocycles. The Morgan fingerprint density at radius 2 is 1.75 bits per heavy atom. The molecule has 2 aromatic carbocycles. The van der Waals surface area contributed by atoms with Gasteiger partial charge in [0.1, 0.15) is 5.82 Å². The molecule has 166 valence electrons. The summed E-state index contributed by atoms with van der Waals surface area (Å²) >= 11 is 0.839. The molecule has 2 heterocycles. The molecule has 4 aromatic rings. The minimum atomic E-state index is -5.12. The smallest absolute Gasteiger partial charge is 0.298 e. The second kappa shape index (κ2) is 7.58. The maximum Gasteiger partial charge on any atom is 0.434 e. The van der Waals surface area contributed by atoms with Gasteiger partial charge in [0.05, 0.1) is 33.2 Å². The summed E-state index contributed by atoms with van der Waals surface area (Å²) in [6.45, 7) is 0. The van der Waals surface area contributed by atoms with Gasteiger partial charge < -0.3 is 0 Å². The largest absolute Gasteiger partial charge is 0.434 e. The molecule has 1 N–H and O–H groups in total. The minimum Gasteiger partial charge on any atom is -0.298 e. The van der Waals surface area contributed by atoms with Gasteiger partial charge in [-0.05, 0) is 36.4 Å². The summed E-state index contributed by atoms with van der Waals surface area (Å²) in [5.74, 6) is -1.78. The Morgan fingerprint density at radius 3 is 2.44 bits per heavy atom. The molecule has 0 aliphatic carbocycles. The SMILES string of the molecule is O=C(Nc1nc2ccc(F)cc2s1)c1cnn(-c2cccc(C(F)(F)F)c2)c1C(F)(F)F. The quantitative estimate of drug-likeness (QED) is 0.376. The topological polar surface area (TPSA) is 59.8 Å². The number of nitrogens with zero attached hydrogens (tertiary/aromatic N) is 3. The summed E-state index contributed by atoms with van der Waals surface area (Å²) in [7, 11) is 0. The van der Waals surface area contributed by atoms with Gasteiger partial charge in [0.25, 0.3) is 5.91 Å². The van der Waals surface area contributed by atoms with Crippen LogP contribution in [0, 0.1) is 5.82 Å². The number of fused-ring (bicyclic) bond motifs is 1. The van der Waals surface area contributed by atoms with E-state index in [0.717, 1.165) is 35.6 Å². The molecular weight excluding hydrogens is 465 g/mol. The summed E-state index contributed by atoms with van der Waals surface area (Å²) in [6, 6.07) is 6.74. The van der Waals surface area contributed by atoms with Gasteiger partial charge in [0.2, 0.25) is 0 Å². The van der Waals surface area contributed by atoms with Crippen LogP contribution >= 0.6 is 11.3 Å². The highest BCUT2D eigenvalue weighted by Crippen LogP contribution is 2.36. The number of hydrogen-bond acceptors (Lipinski definition) is 4. The van der Waals surface area contributed by atoms with E-state index >= 15 is 0 Å². The van der Waals surface area contributed by atoms with Crippen molar-refractivity contribution in [2.45, 2.75) is 12.4 Å². The Hall–Kier alpha value is -3.48. The molecule has 4 rings (SSSR count). The predicted octanol–water partition coefficient (Wildman–Crippen LogP) is 5.91. The van der Waals surface area contributed by atoms with Gasteiger partial charge in [-0.2, -0.15) is 31.4 Å². The first-order valence-corrected chi connectivity index (χ1v) is 9.45. The van der Waals surface area contributed by atoms with E-state index in [1.165, 1.54) is 6.07 Å². The number of carbonyl (C=O) groups excluding carboxylic acids is 1. The van der Waals surface area contributed by atoms with Crippen LogP contribution < -0.4 is 5.32 Å². The van der Waals surface area contributed by atoms with Crippen molar-refractivity contribution in [3.63, 3.8) is 0 Å². The van der Waals surface area contributed by atoms with E-state index in [9.17, 15) is 35.5 Å². The predicted molar refractivity (Wildman–Crippen MR) is 101 cm³/mol. The highest BCUT2D eigenvalue weighted by Gasteiger charge is 2.41. The van der Waals surface area contributed by atoms with Crippen LogP contribution in [0.3, 0.4) is 0 Å². The Balaban J connectivity index is 1.73. The molecule has 32 heavy (non-hydrogen) atoms. The molecule has 0 fully saturated rings. The average molecular weight is 474 g/mol. The standard InChI is InChI=1S/C19H9F7N4OS/c20-10-4-5-13-14(7-10)32-17(28-13)29-16(31)12-8-27-30(15(12)19(24,25)26)11-3-1-2-9(6-11)18(21,22)23/h1-8H,(H,28,29,31). The molecule has 0 radical (unpaired) electrons. The Kier molecular flexibility index (Phi) is 5.15. The molecule has 1 amide bonds. The van der Waals surface area contributed by atoms with Crippen molar-refractivity contribution in [2.75, 3.05) is 5.32 Å². The van der Waals surface area contributed by atoms with Gasteiger partial charge in [-0.25, -0.2) is 14.1 Å². The van der Waals surface area contributed by atoms with Crippen LogP contribution in [0.5, 0.6) is 0 Å². The van der Waals surface area contributed by atoms with Crippen LogP contribution in [0.2, 0.25) is 0 Å². The molecule has 2 aromatic heterocycles. The highest BCUT2D eigenvalue weighted by molar-refractivity contribution is 7.22. The lowest BCUT2D eigenvalue weighted by Crippen LogP contribution is -2.21. The minimum absolute atomic E-state index is 0.0875. The van der Waals surface area contributed by atoms with Crippen LogP contribution in [-0.2, 0) is 12.4 Å². The number of hydrogen-bond donors (Lipinski definition) is 1. The van der Waals surface area contributed by atoms with Crippen molar-refractivity contribution in [3.05, 3.63) is 71.3 Å². The monoisotopic (exact) mass is 474 g/mol. The number of anilines is 1. The van der Waals surface area contributed by atoms with Gasteiger partial charge in [0.15, 0.2) is 10.8 Å². The number of thiazole rings is 1. The van der Waals surface area contributed by atoms with Gasteiger partial charge in [-0.3, -0.25) is 10.1 Å². The molecule has 0 bridgehead atoms. The van der Waals surface area contributed by atoms with E-state index in [1.807, 2.05) is 0 Å². The molecular formula is C19H9F7N4OS. The van der Waals surface area contributed by atoms with Crippen molar-refractivity contribution >= 4 is 32.6 Å². The number of aromatic nitrogens is 3. The van der Waals surface area contributed by atoms with Crippen LogP contribution in [-0.4, -0.2) is 20.7 Å². The maximum absolute atomic E-state index is 13.8. The van der Waals surface area contributed by atoms with Gasteiger partial charge in [0, 0.05) is 0 Å². The van der Waals surface area contributed by atoms with E-state index in [0.29, 0.717) is 28.5 Å². The van der Waals surface area contributed by atoms with Gasteiger partial charge >= 0.3 is 12.4 Å². The van der Waals surface area contributed by atoms with Crippen molar-refractivity contribution in [3.8, 4) is 5.69 Å². The molecule has 0 unspecified atom stereocenters. The van der Waals surface area contributed by atoms with Crippen LogP contribution in [0.4, 0.5) is 35.9 Å². The highest BCUT2D eigenvalue weighted by atomic mass is 32.1. The first-order valence-electron chi connectivity index (χ1n) is 8.64. The number of alkyl halides is 6. The third-order valence-corrected chi connectivity index (χ3v) is 5.20. The van der Waals surface area contributed by atoms with Crippen molar-refractivity contribution in [2.24, 2.45) is 0 Å². The zero-order valence-corrected chi connectivity index (χ0v) is 16.2. The summed E-state index contributed by atoms with van der Waals surface area (Å²) in [5, 5.41) is 5.60. The molecule has 0 saturated carbocycles. The third-order valence-electron chi connectivity index (χ3n) is 4.27. The number of halogens is 7. The second-order valence-electron chi connectivity index (χ2n) is 6.45. The normalized spacial score (nSPS) is 12.3. The number of carbonyl (C=O) groups is 1. The van der Waals surface area contributed by atoms with E-state index in [1.54, 1.807) is 0 Å². The summed E-state index contributed by atoms with van der Waals surface area (Å²) < 4.78 is 94.0. The summed E-state index contributed by atoms with van der Waals surface area (Å²) in [4.78, 5) is 16.5. The Labute approximate surface area is 178 Å².